The predicted octanol–water partition coefficient (Wildman–Crippen LogP) is 5.30. The van der Waals surface area contributed by atoms with Crippen LogP contribution < -0.4 is 11.1 Å². The molecule has 32 heavy (non-hydrogen) atoms. The van der Waals surface area contributed by atoms with Gasteiger partial charge in [0.2, 0.25) is 0 Å². The number of aromatic nitrogens is 2. The van der Waals surface area contributed by atoms with Gasteiger partial charge in [0, 0.05) is 21.7 Å². The van der Waals surface area contributed by atoms with E-state index in [0.29, 0.717) is 31.5 Å². The zero-order chi connectivity index (χ0) is 23.4. The van der Waals surface area contributed by atoms with E-state index in [-0.39, 0.29) is 11.6 Å². The highest BCUT2D eigenvalue weighted by Gasteiger charge is 2.09. The second-order valence-corrected chi connectivity index (χ2v) is 8.09. The largest absolute Gasteiger partial charge is 0.503 e. The van der Waals surface area contributed by atoms with Gasteiger partial charge in [0.1, 0.15) is 11.6 Å². The molecule has 10 heteroatoms. The lowest BCUT2D eigenvalue weighted by molar-refractivity contribution is 0.466. The third-order valence-corrected chi connectivity index (χ3v) is 5.45. The molecule has 0 fully saturated rings. The summed E-state index contributed by atoms with van der Waals surface area (Å²) in [4.78, 5) is 27.2. The smallest absolute Gasteiger partial charge is 0.290 e. The first-order valence-corrected chi connectivity index (χ1v) is 10.5. The van der Waals surface area contributed by atoms with Gasteiger partial charge in [0.25, 0.3) is 11.1 Å². The van der Waals surface area contributed by atoms with Gasteiger partial charge in [-0.2, -0.15) is 0 Å². The molecule has 0 saturated carbocycles. The Labute approximate surface area is 196 Å². The number of H-pyrrole nitrogens is 2. The van der Waals surface area contributed by atoms with Crippen LogP contribution in [0.2, 0.25) is 0 Å². The van der Waals surface area contributed by atoms with E-state index in [1.165, 1.54) is 36.4 Å². The molecule has 2 heterocycles. The van der Waals surface area contributed by atoms with E-state index >= 15 is 0 Å². The van der Waals surface area contributed by atoms with E-state index in [1.54, 1.807) is 24.3 Å². The predicted molar refractivity (Wildman–Crippen MR) is 124 cm³/mol. The highest BCUT2D eigenvalue weighted by atomic mass is 79.9. The number of nitrogens with one attached hydrogen (secondary N) is 2. The number of rotatable bonds is 2. The normalized spacial score (nSPS) is 10.4. The second-order valence-electron chi connectivity index (χ2n) is 6.44. The minimum atomic E-state index is -0.609. The van der Waals surface area contributed by atoms with Crippen LogP contribution in [-0.2, 0) is 0 Å². The van der Waals surface area contributed by atoms with Crippen molar-refractivity contribution in [2.24, 2.45) is 0 Å². The number of hydrogen-bond acceptors (Lipinski definition) is 4. The van der Waals surface area contributed by atoms with Crippen molar-refractivity contribution < 1.29 is 19.0 Å². The first-order chi connectivity index (χ1) is 15.2. The molecular weight excluding hydrogens is 554 g/mol. The first-order valence-electron chi connectivity index (χ1n) is 8.91. The summed E-state index contributed by atoms with van der Waals surface area (Å²) in [6.45, 7) is 0. The molecule has 0 amide bonds. The van der Waals surface area contributed by atoms with E-state index in [1.807, 2.05) is 0 Å². The Morgan fingerprint density at radius 1 is 0.719 bits per heavy atom. The van der Waals surface area contributed by atoms with Crippen molar-refractivity contribution in [1.29, 1.82) is 0 Å². The number of halogens is 4. The molecule has 0 saturated heterocycles. The van der Waals surface area contributed by atoms with Gasteiger partial charge in [-0.25, -0.2) is 8.78 Å². The van der Waals surface area contributed by atoms with E-state index in [4.69, 9.17) is 0 Å². The SMILES string of the molecule is O=c1[nH]c(-c2cccc(F)c2)c(Br)cc1O.O=c1[nH]c(Br)c(-c2cccc(F)c2)cc1O. The molecular formula is C22H14Br2F2N2O4. The fourth-order valence-electron chi connectivity index (χ4n) is 2.71. The standard InChI is InChI=1S/2C11H7BrFNO2/c12-8-5-9(15)11(16)14-10(8)6-2-1-3-7(13)4-6;12-10-8(5-9(15)11(16)14-10)6-2-1-3-7(13)4-6/h2*1-5,15H,(H,14,16). The molecule has 0 aliphatic heterocycles. The van der Waals surface area contributed by atoms with E-state index in [2.05, 4.69) is 41.8 Å². The number of hydrogen-bond donors (Lipinski definition) is 4. The molecule has 0 bridgehead atoms. The topological polar surface area (TPSA) is 106 Å². The summed E-state index contributed by atoms with van der Waals surface area (Å²) in [7, 11) is 0. The minimum absolute atomic E-state index is 0.380. The molecule has 0 aliphatic carbocycles. The number of aromatic hydroxyl groups is 2. The third-order valence-electron chi connectivity index (χ3n) is 4.20. The molecule has 4 N–H and O–H groups in total. The van der Waals surface area contributed by atoms with Gasteiger partial charge >= 0.3 is 0 Å². The van der Waals surface area contributed by atoms with E-state index in [0.717, 1.165) is 0 Å². The lowest BCUT2D eigenvalue weighted by atomic mass is 10.1. The fraction of sp³-hybridized carbons (Fsp3) is 0. The van der Waals surface area contributed by atoms with Crippen LogP contribution in [0.4, 0.5) is 8.78 Å². The van der Waals surface area contributed by atoms with Crippen LogP contribution in [0.15, 0.2) is 79.3 Å². The summed E-state index contributed by atoms with van der Waals surface area (Å²) in [5, 5.41) is 18.5. The Kier molecular flexibility index (Phi) is 7.26. The van der Waals surface area contributed by atoms with Gasteiger partial charge in [-0.15, -0.1) is 0 Å². The maximum Gasteiger partial charge on any atom is 0.290 e. The van der Waals surface area contributed by atoms with Gasteiger partial charge in [-0.3, -0.25) is 9.59 Å². The Morgan fingerprint density at radius 2 is 1.25 bits per heavy atom. The van der Waals surface area contributed by atoms with Crippen LogP contribution in [0, 0.1) is 11.6 Å². The molecule has 0 unspecified atom stereocenters. The van der Waals surface area contributed by atoms with Crippen molar-refractivity contribution in [3.05, 3.63) is 102 Å². The molecule has 4 rings (SSSR count). The van der Waals surface area contributed by atoms with E-state index < -0.39 is 22.7 Å². The van der Waals surface area contributed by atoms with Gasteiger partial charge in [0.15, 0.2) is 11.5 Å². The first kappa shape index (κ1) is 23.4. The number of benzene rings is 2. The fourth-order valence-corrected chi connectivity index (χ4v) is 3.78. The average molecular weight is 568 g/mol. The molecule has 2 aromatic carbocycles. The van der Waals surface area contributed by atoms with Crippen LogP contribution in [0.1, 0.15) is 0 Å². The van der Waals surface area contributed by atoms with E-state index in [9.17, 15) is 28.6 Å². The zero-order valence-corrected chi connectivity index (χ0v) is 19.2. The zero-order valence-electron chi connectivity index (χ0n) is 16.0. The van der Waals surface area contributed by atoms with Crippen molar-refractivity contribution in [1.82, 2.24) is 9.97 Å². The highest BCUT2D eigenvalue weighted by molar-refractivity contribution is 9.10. The minimum Gasteiger partial charge on any atom is -0.503 e. The summed E-state index contributed by atoms with van der Waals surface area (Å²) >= 11 is 6.34. The summed E-state index contributed by atoms with van der Waals surface area (Å²) in [5.74, 6) is -1.55. The molecule has 2 aromatic heterocycles. The quantitative estimate of drug-likeness (QED) is 0.247. The lowest BCUT2D eigenvalue weighted by Gasteiger charge is -2.05. The van der Waals surface area contributed by atoms with Gasteiger partial charge in [-0.1, -0.05) is 24.3 Å². The highest BCUT2D eigenvalue weighted by Crippen LogP contribution is 2.28. The summed E-state index contributed by atoms with van der Waals surface area (Å²) in [5.41, 5.74) is 0.857. The summed E-state index contributed by atoms with van der Waals surface area (Å²) in [6, 6.07) is 14.3. The Hall–Kier alpha value is -3.24. The molecule has 6 nitrogen and oxygen atoms in total. The Balaban J connectivity index is 0.000000181. The maximum absolute atomic E-state index is 13.0. The third kappa shape index (κ3) is 5.51. The van der Waals surface area contributed by atoms with Crippen molar-refractivity contribution >= 4 is 31.9 Å². The molecule has 0 radical (unpaired) electrons. The Bertz CT molecular complexity index is 1400. The average Bonchev–Trinajstić information content (AvgIpc) is 2.74. The maximum atomic E-state index is 13.0. The second kappa shape index (κ2) is 9.92. The van der Waals surface area contributed by atoms with Crippen molar-refractivity contribution in [2.75, 3.05) is 0 Å². The van der Waals surface area contributed by atoms with Gasteiger partial charge < -0.3 is 20.2 Å². The van der Waals surface area contributed by atoms with Crippen molar-refractivity contribution in [3.63, 3.8) is 0 Å². The number of pyridine rings is 2. The van der Waals surface area contributed by atoms with Crippen LogP contribution in [-0.4, -0.2) is 20.2 Å². The van der Waals surface area contributed by atoms with Gasteiger partial charge in [-0.05, 0) is 67.8 Å². The monoisotopic (exact) mass is 566 g/mol. The van der Waals surface area contributed by atoms with Crippen LogP contribution in [0.3, 0.4) is 0 Å². The molecule has 0 atom stereocenters. The van der Waals surface area contributed by atoms with Crippen molar-refractivity contribution in [3.8, 4) is 33.9 Å². The van der Waals surface area contributed by atoms with Crippen molar-refractivity contribution in [2.45, 2.75) is 0 Å². The van der Waals surface area contributed by atoms with Crippen LogP contribution in [0.5, 0.6) is 11.5 Å². The molecule has 4 aromatic rings. The van der Waals surface area contributed by atoms with Crippen LogP contribution >= 0.6 is 31.9 Å². The Morgan fingerprint density at radius 3 is 1.88 bits per heavy atom. The van der Waals surface area contributed by atoms with Crippen LogP contribution in [0.25, 0.3) is 22.4 Å². The van der Waals surface area contributed by atoms with Gasteiger partial charge in [0.05, 0.1) is 10.3 Å². The molecule has 164 valence electrons. The number of aromatic amines is 2. The summed E-state index contributed by atoms with van der Waals surface area (Å²) < 4.78 is 26.9. The molecule has 0 aliphatic rings. The summed E-state index contributed by atoms with van der Waals surface area (Å²) in [6.07, 6.45) is 0. The molecule has 0 spiro atoms. The lowest BCUT2D eigenvalue weighted by Crippen LogP contribution is -2.06.